The van der Waals surface area contributed by atoms with Crippen molar-refractivity contribution in [2.24, 2.45) is 0 Å². The number of hydrogen-bond acceptors (Lipinski definition) is 7. The van der Waals surface area contributed by atoms with Gasteiger partial charge >= 0.3 is 18.1 Å². The number of rotatable bonds is 7. The predicted octanol–water partition coefficient (Wildman–Crippen LogP) is 4.82. The van der Waals surface area contributed by atoms with Gasteiger partial charge in [0.05, 0.1) is 11.8 Å². The van der Waals surface area contributed by atoms with Gasteiger partial charge in [-0.3, -0.25) is 9.69 Å². The maximum absolute atomic E-state index is 15.6. The summed E-state index contributed by atoms with van der Waals surface area (Å²) in [5.74, 6) is -5.08. The normalized spacial score (nSPS) is 17.1. The number of halogens is 5. The first-order chi connectivity index (χ1) is 18.2. The molecule has 8 nitrogen and oxygen atoms in total. The summed E-state index contributed by atoms with van der Waals surface area (Å²) in [5, 5.41) is 0.587. The van der Waals surface area contributed by atoms with Crippen LogP contribution in [0.15, 0.2) is 36.4 Å². The van der Waals surface area contributed by atoms with Crippen LogP contribution >= 0.6 is 11.6 Å². The smallest absolute Gasteiger partial charge is 0.490 e. The van der Waals surface area contributed by atoms with E-state index in [0.29, 0.717) is 48.5 Å². The SMILES string of the molecule is CS(=O)(=O)N(OC(=O)C(F)(F)F)C(=O)c1cc(C2CC2)cc(CN2CCC(Oc3ccc(Cl)cc3)CC2)c1F. The van der Waals surface area contributed by atoms with E-state index in [1.54, 1.807) is 30.3 Å². The van der Waals surface area contributed by atoms with E-state index in [4.69, 9.17) is 16.3 Å². The van der Waals surface area contributed by atoms with Crippen molar-refractivity contribution in [3.05, 3.63) is 63.9 Å². The van der Waals surface area contributed by atoms with Crippen molar-refractivity contribution in [1.82, 2.24) is 9.37 Å². The van der Waals surface area contributed by atoms with Crippen LogP contribution in [0, 0.1) is 5.82 Å². The summed E-state index contributed by atoms with van der Waals surface area (Å²) in [5.41, 5.74) is -0.169. The molecule has 1 aliphatic carbocycles. The van der Waals surface area contributed by atoms with Gasteiger partial charge in [0.15, 0.2) is 0 Å². The minimum absolute atomic E-state index is 0.00109. The van der Waals surface area contributed by atoms with E-state index in [0.717, 1.165) is 18.9 Å². The van der Waals surface area contributed by atoms with Crippen molar-refractivity contribution in [2.75, 3.05) is 19.3 Å². The number of hydroxylamine groups is 1. The molecule has 0 bridgehead atoms. The first-order valence-corrected chi connectivity index (χ1v) is 14.3. The summed E-state index contributed by atoms with van der Waals surface area (Å²) in [6.07, 6.45) is -2.51. The lowest BCUT2D eigenvalue weighted by molar-refractivity contribution is -0.216. The third-order valence-electron chi connectivity index (χ3n) is 6.36. The minimum atomic E-state index is -5.58. The molecule has 0 radical (unpaired) electrons. The van der Waals surface area contributed by atoms with Gasteiger partial charge in [-0.2, -0.15) is 13.2 Å². The van der Waals surface area contributed by atoms with E-state index in [2.05, 4.69) is 4.84 Å². The second-order valence-electron chi connectivity index (χ2n) is 9.53. The van der Waals surface area contributed by atoms with Gasteiger partial charge < -0.3 is 9.57 Å². The quantitative estimate of drug-likeness (QED) is 0.336. The zero-order valence-electron chi connectivity index (χ0n) is 20.7. The maximum atomic E-state index is 15.6. The van der Waals surface area contributed by atoms with Crippen LogP contribution in [0.4, 0.5) is 17.6 Å². The molecular formula is C25H25ClF4N2O6S. The molecule has 212 valence electrons. The van der Waals surface area contributed by atoms with E-state index in [-0.39, 0.29) is 24.1 Å². The van der Waals surface area contributed by atoms with Gasteiger partial charge in [0.1, 0.15) is 17.7 Å². The van der Waals surface area contributed by atoms with Crippen molar-refractivity contribution in [3.63, 3.8) is 0 Å². The molecule has 1 aliphatic heterocycles. The van der Waals surface area contributed by atoms with E-state index in [1.165, 1.54) is 0 Å². The first kappa shape index (κ1) is 29.1. The maximum Gasteiger partial charge on any atom is 0.493 e. The molecule has 14 heteroatoms. The lowest BCUT2D eigenvalue weighted by Crippen LogP contribution is -2.42. The van der Waals surface area contributed by atoms with Gasteiger partial charge in [0, 0.05) is 30.2 Å². The number of sulfonamides is 1. The van der Waals surface area contributed by atoms with Crippen molar-refractivity contribution < 1.29 is 45.1 Å². The van der Waals surface area contributed by atoms with Crippen molar-refractivity contribution in [2.45, 2.75) is 50.4 Å². The van der Waals surface area contributed by atoms with Crippen LogP contribution in [0.2, 0.25) is 5.02 Å². The second kappa shape index (κ2) is 11.3. The summed E-state index contributed by atoms with van der Waals surface area (Å²) >= 11 is 5.89. The number of amides is 1. The zero-order valence-corrected chi connectivity index (χ0v) is 22.3. The fraction of sp³-hybridized carbons (Fsp3) is 0.440. The number of hydrogen-bond donors (Lipinski definition) is 0. The summed E-state index contributed by atoms with van der Waals surface area (Å²) in [7, 11) is -4.83. The molecule has 2 aromatic rings. The Kier molecular flexibility index (Phi) is 8.43. The number of nitrogens with zero attached hydrogens (tertiary/aromatic N) is 2. The highest BCUT2D eigenvalue weighted by atomic mass is 35.5. The van der Waals surface area contributed by atoms with Crippen LogP contribution in [0.5, 0.6) is 5.75 Å². The molecule has 1 saturated carbocycles. The molecular weight excluding hydrogens is 568 g/mol. The van der Waals surface area contributed by atoms with Gasteiger partial charge in [-0.1, -0.05) is 22.1 Å². The van der Waals surface area contributed by atoms with Crippen molar-refractivity contribution in [3.8, 4) is 5.75 Å². The Morgan fingerprint density at radius 1 is 1.08 bits per heavy atom. The molecule has 0 N–H and O–H groups in total. The molecule has 0 atom stereocenters. The van der Waals surface area contributed by atoms with E-state index in [9.17, 15) is 31.2 Å². The first-order valence-electron chi connectivity index (χ1n) is 12.0. The minimum Gasteiger partial charge on any atom is -0.490 e. The molecule has 1 heterocycles. The average molecular weight is 593 g/mol. The van der Waals surface area contributed by atoms with Gasteiger partial charge in [0.2, 0.25) is 0 Å². The van der Waals surface area contributed by atoms with Crippen LogP contribution in [-0.4, -0.2) is 61.3 Å². The zero-order chi connectivity index (χ0) is 28.5. The molecule has 1 saturated heterocycles. The Bertz CT molecular complexity index is 1340. The van der Waals surface area contributed by atoms with Gasteiger partial charge in [-0.05, 0) is 67.5 Å². The fourth-order valence-electron chi connectivity index (χ4n) is 4.25. The molecule has 2 aliphatic rings. The summed E-state index contributed by atoms with van der Waals surface area (Å²) in [4.78, 5) is 30.1. The highest BCUT2D eigenvalue weighted by Crippen LogP contribution is 2.41. The topological polar surface area (TPSA) is 93.2 Å². The monoisotopic (exact) mass is 592 g/mol. The van der Waals surface area contributed by atoms with Crippen LogP contribution in [0.25, 0.3) is 0 Å². The molecule has 39 heavy (non-hydrogen) atoms. The Balaban J connectivity index is 1.52. The summed E-state index contributed by atoms with van der Waals surface area (Å²) in [6, 6.07) is 9.64. The lowest BCUT2D eigenvalue weighted by atomic mass is 9.99. The van der Waals surface area contributed by atoms with Gasteiger partial charge in [-0.15, -0.1) is 0 Å². The number of benzene rings is 2. The van der Waals surface area contributed by atoms with Gasteiger partial charge in [-0.25, -0.2) is 17.6 Å². The number of ether oxygens (including phenoxy) is 1. The Morgan fingerprint density at radius 2 is 1.69 bits per heavy atom. The van der Waals surface area contributed by atoms with Crippen LogP contribution in [0.1, 0.15) is 53.1 Å². The van der Waals surface area contributed by atoms with Crippen LogP contribution in [-0.2, 0) is 26.2 Å². The lowest BCUT2D eigenvalue weighted by Gasteiger charge is -2.32. The third kappa shape index (κ3) is 7.40. The van der Waals surface area contributed by atoms with Gasteiger partial charge in [0.25, 0.3) is 10.0 Å². The molecule has 0 aromatic heterocycles. The Labute approximate surface area is 227 Å². The van der Waals surface area contributed by atoms with Crippen LogP contribution in [0.3, 0.4) is 0 Å². The highest BCUT2D eigenvalue weighted by Gasteiger charge is 2.45. The standard InChI is InChI=1S/C25H25ClF4N2O6S/c1-39(35,36)32(38-24(34)25(28,29)30)23(33)21-13-16(15-2-3-15)12-17(22(21)27)14-31-10-8-20(9-11-31)37-19-6-4-18(26)5-7-19/h4-7,12-13,15,20H,2-3,8-11,14H2,1H3. The molecule has 2 aromatic carbocycles. The number of alkyl halides is 3. The summed E-state index contributed by atoms with van der Waals surface area (Å²) in [6.45, 7) is 1.14. The van der Waals surface area contributed by atoms with E-state index >= 15 is 4.39 Å². The fourth-order valence-corrected chi connectivity index (χ4v) is 4.98. The number of carbonyl (C=O) groups is 2. The number of likely N-dealkylation sites (tertiary alicyclic amines) is 1. The number of piperidine rings is 1. The van der Waals surface area contributed by atoms with Crippen molar-refractivity contribution >= 4 is 33.5 Å². The third-order valence-corrected chi connectivity index (χ3v) is 7.45. The Hall–Kier alpha value is -2.90. The number of carbonyl (C=O) groups excluding carboxylic acids is 2. The molecule has 2 fully saturated rings. The van der Waals surface area contributed by atoms with Crippen molar-refractivity contribution in [1.29, 1.82) is 0 Å². The average Bonchev–Trinajstić information content (AvgIpc) is 3.70. The second-order valence-corrected chi connectivity index (χ2v) is 11.8. The molecule has 4 rings (SSSR count). The summed E-state index contributed by atoms with van der Waals surface area (Å²) < 4.78 is 83.1. The Morgan fingerprint density at radius 3 is 2.23 bits per heavy atom. The molecule has 0 spiro atoms. The van der Waals surface area contributed by atoms with E-state index in [1.807, 2.05) is 4.90 Å². The highest BCUT2D eigenvalue weighted by molar-refractivity contribution is 7.88. The molecule has 0 unspecified atom stereocenters. The predicted molar refractivity (Wildman–Crippen MR) is 132 cm³/mol. The van der Waals surface area contributed by atoms with E-state index < -0.39 is 43.9 Å². The molecule has 1 amide bonds. The van der Waals surface area contributed by atoms with Crippen LogP contribution < -0.4 is 4.74 Å². The largest absolute Gasteiger partial charge is 0.493 e.